The molecule has 5 aromatic heterocycles. The lowest BCUT2D eigenvalue weighted by Crippen LogP contribution is -2.32. The van der Waals surface area contributed by atoms with Crippen LogP contribution in [-0.2, 0) is 16.9 Å². The molecule has 1 aliphatic rings. The van der Waals surface area contributed by atoms with Crippen molar-refractivity contribution in [2.45, 2.75) is 51.7 Å². The number of pyridine rings is 1. The molecule has 0 aromatic carbocycles. The molecule has 212 valence electrons. The average molecular weight is 593 g/mol. The molecule has 1 atom stereocenters. The molecule has 0 aliphatic heterocycles. The molecule has 1 unspecified atom stereocenters. The number of fused-ring (bicyclic) bond motifs is 1. The summed E-state index contributed by atoms with van der Waals surface area (Å²) in [7, 11) is 1.66. The van der Waals surface area contributed by atoms with E-state index in [0.717, 1.165) is 36.4 Å². The number of H-pyrrole nitrogens is 1. The summed E-state index contributed by atoms with van der Waals surface area (Å²) >= 11 is 7.92. The molecule has 0 radical (unpaired) electrons. The number of hydrogen-bond acceptors (Lipinski definition) is 10. The summed E-state index contributed by atoms with van der Waals surface area (Å²) in [5.74, 6) is 0.943. The van der Waals surface area contributed by atoms with E-state index in [1.54, 1.807) is 36.9 Å². The normalized spacial score (nSPS) is 18.9. The van der Waals surface area contributed by atoms with Crippen LogP contribution in [0, 0.1) is 18.8 Å². The zero-order chi connectivity index (χ0) is 28.7. The fourth-order valence-electron chi connectivity index (χ4n) is 5.50. The first-order chi connectivity index (χ1) is 19.8. The summed E-state index contributed by atoms with van der Waals surface area (Å²) in [6.45, 7) is 8.61. The number of allylic oxidation sites excluding steroid dienone is 1. The monoisotopic (exact) mass is 592 g/mol. The number of aromatic nitrogens is 8. The minimum absolute atomic E-state index is 0.0448. The van der Waals surface area contributed by atoms with E-state index >= 15 is 0 Å². The van der Waals surface area contributed by atoms with Crippen molar-refractivity contribution in [3.8, 4) is 23.0 Å². The quantitative estimate of drug-likeness (QED) is 0.230. The van der Waals surface area contributed by atoms with E-state index in [4.69, 9.17) is 40.7 Å². The van der Waals surface area contributed by atoms with Gasteiger partial charge in [0.15, 0.2) is 11.2 Å². The predicted molar refractivity (Wildman–Crippen MR) is 156 cm³/mol. The van der Waals surface area contributed by atoms with Crippen LogP contribution in [0.25, 0.3) is 34.1 Å². The molecular formula is C28H29ClN8O3S. The molecule has 1 saturated carbocycles. The fourth-order valence-corrected chi connectivity index (χ4v) is 6.38. The van der Waals surface area contributed by atoms with Crippen molar-refractivity contribution in [2.75, 3.05) is 7.11 Å². The van der Waals surface area contributed by atoms with Crippen LogP contribution in [0.1, 0.15) is 49.1 Å². The molecule has 1 fully saturated rings. The van der Waals surface area contributed by atoms with Crippen LogP contribution in [0.15, 0.2) is 45.7 Å². The highest BCUT2D eigenvalue weighted by atomic mass is 35.5. The first-order valence-corrected chi connectivity index (χ1v) is 14.6. The summed E-state index contributed by atoms with van der Waals surface area (Å²) in [5, 5.41) is 9.60. The second-order valence-electron chi connectivity index (χ2n) is 10.4. The molecule has 6 rings (SSSR count). The Morgan fingerprint density at radius 1 is 1.24 bits per heavy atom. The molecule has 0 bridgehead atoms. The standard InChI is InChI=1S/C28H29ClN8O3S/c1-5-16-6-8-17(9-7-16)13-37-22-21(18-10-19(29)12-30-11-18)32-24(25-35-36-27(38)40-25)33-23(22)34-26(37)28(3,39-4)20-14-41-15(2)31-20/h5,10-12,14,16-17H,1,6-9,13H2,2-4H3,(H,36,38)/t16-,17-,28?. The van der Waals surface area contributed by atoms with E-state index in [-0.39, 0.29) is 11.7 Å². The van der Waals surface area contributed by atoms with Crippen LogP contribution in [0.5, 0.6) is 0 Å². The smallest absolute Gasteiger partial charge is 0.384 e. The number of rotatable bonds is 8. The van der Waals surface area contributed by atoms with Gasteiger partial charge in [0.1, 0.15) is 17.0 Å². The van der Waals surface area contributed by atoms with Crippen LogP contribution < -0.4 is 5.76 Å². The van der Waals surface area contributed by atoms with Gasteiger partial charge in [0.2, 0.25) is 5.82 Å². The number of nitrogens with zero attached hydrogens (tertiary/aromatic N) is 7. The maximum atomic E-state index is 11.8. The Morgan fingerprint density at radius 2 is 2.05 bits per heavy atom. The first-order valence-electron chi connectivity index (χ1n) is 13.3. The van der Waals surface area contributed by atoms with Gasteiger partial charge >= 0.3 is 5.76 Å². The lowest BCUT2D eigenvalue weighted by molar-refractivity contribution is 0.0246. The van der Waals surface area contributed by atoms with E-state index in [0.29, 0.717) is 51.6 Å². The van der Waals surface area contributed by atoms with Gasteiger partial charge in [0.25, 0.3) is 5.89 Å². The molecule has 13 heteroatoms. The van der Waals surface area contributed by atoms with E-state index in [1.807, 2.05) is 19.2 Å². The zero-order valence-electron chi connectivity index (χ0n) is 22.9. The second kappa shape index (κ2) is 10.9. The highest BCUT2D eigenvalue weighted by molar-refractivity contribution is 7.09. The second-order valence-corrected chi connectivity index (χ2v) is 11.9. The number of halogens is 1. The van der Waals surface area contributed by atoms with Gasteiger partial charge in [-0.1, -0.05) is 17.7 Å². The fraction of sp³-hybridized carbons (Fsp3) is 0.393. The minimum Gasteiger partial charge on any atom is -0.384 e. The lowest BCUT2D eigenvalue weighted by atomic mass is 9.82. The van der Waals surface area contributed by atoms with Crippen molar-refractivity contribution in [3.05, 3.63) is 68.6 Å². The summed E-state index contributed by atoms with van der Waals surface area (Å²) in [6, 6.07) is 1.78. The van der Waals surface area contributed by atoms with Crippen LogP contribution in [-0.4, -0.2) is 46.8 Å². The summed E-state index contributed by atoms with van der Waals surface area (Å²) < 4.78 is 13.6. The summed E-state index contributed by atoms with van der Waals surface area (Å²) in [4.78, 5) is 35.4. The zero-order valence-corrected chi connectivity index (χ0v) is 24.5. The number of aromatic amines is 1. The third-order valence-corrected chi connectivity index (χ3v) is 8.80. The number of thiazole rings is 1. The van der Waals surface area contributed by atoms with Gasteiger partial charge in [-0.3, -0.25) is 4.98 Å². The summed E-state index contributed by atoms with van der Waals surface area (Å²) in [5.41, 5.74) is 2.08. The molecule has 11 nitrogen and oxygen atoms in total. The Bertz CT molecular complexity index is 1780. The molecule has 0 saturated heterocycles. The van der Waals surface area contributed by atoms with Gasteiger partial charge < -0.3 is 13.7 Å². The van der Waals surface area contributed by atoms with Crippen LogP contribution >= 0.6 is 22.9 Å². The van der Waals surface area contributed by atoms with Crippen molar-refractivity contribution in [1.29, 1.82) is 0 Å². The third-order valence-electron chi connectivity index (χ3n) is 7.82. The van der Waals surface area contributed by atoms with Gasteiger partial charge in [-0.05, 0) is 57.4 Å². The lowest BCUT2D eigenvalue weighted by Gasteiger charge is -2.31. The first kappa shape index (κ1) is 27.4. The Balaban J connectivity index is 1.62. The highest BCUT2D eigenvalue weighted by Crippen LogP contribution is 2.39. The average Bonchev–Trinajstić information content (AvgIpc) is 3.71. The van der Waals surface area contributed by atoms with Gasteiger partial charge in [0, 0.05) is 37.0 Å². The molecule has 1 aliphatic carbocycles. The number of methoxy groups -OCH3 is 1. The van der Waals surface area contributed by atoms with Crippen LogP contribution in [0.3, 0.4) is 0 Å². The minimum atomic E-state index is -0.979. The van der Waals surface area contributed by atoms with Crippen molar-refractivity contribution in [2.24, 2.45) is 11.8 Å². The van der Waals surface area contributed by atoms with Gasteiger partial charge in [-0.25, -0.2) is 29.8 Å². The third kappa shape index (κ3) is 5.11. The Hall–Kier alpha value is -3.74. The predicted octanol–water partition coefficient (Wildman–Crippen LogP) is 5.55. The molecular weight excluding hydrogens is 564 g/mol. The Labute approximate surface area is 244 Å². The Kier molecular flexibility index (Phi) is 7.30. The number of aryl methyl sites for hydroxylation is 1. The maximum Gasteiger partial charge on any atom is 0.434 e. The maximum absolute atomic E-state index is 11.8. The van der Waals surface area contributed by atoms with Crippen molar-refractivity contribution in [1.82, 2.24) is 39.7 Å². The van der Waals surface area contributed by atoms with E-state index in [9.17, 15) is 4.79 Å². The van der Waals surface area contributed by atoms with Crippen LogP contribution in [0.2, 0.25) is 5.02 Å². The highest BCUT2D eigenvalue weighted by Gasteiger charge is 2.39. The number of nitrogens with one attached hydrogen (secondary N) is 1. The molecule has 5 heterocycles. The molecule has 0 amide bonds. The summed E-state index contributed by atoms with van der Waals surface area (Å²) in [6.07, 6.45) is 9.60. The van der Waals surface area contributed by atoms with Crippen LogP contribution in [0.4, 0.5) is 0 Å². The molecule has 0 spiro atoms. The molecule has 41 heavy (non-hydrogen) atoms. The Morgan fingerprint density at radius 3 is 2.68 bits per heavy atom. The van der Waals surface area contributed by atoms with Gasteiger partial charge in [0.05, 0.1) is 15.7 Å². The number of imidazole rings is 1. The molecule has 1 N–H and O–H groups in total. The topological polar surface area (TPSA) is 138 Å². The molecule has 5 aromatic rings. The van der Waals surface area contributed by atoms with Gasteiger partial charge in [-0.15, -0.1) is 23.0 Å². The SMILES string of the molecule is C=C[C@H]1CC[C@H](Cn2c(C(C)(OC)c3csc(C)n3)nc3nc(-c4n[nH]c(=O)o4)nc(-c4cncc(Cl)c4)c32)CC1. The van der Waals surface area contributed by atoms with Crippen molar-refractivity contribution >= 4 is 34.1 Å². The van der Waals surface area contributed by atoms with E-state index in [2.05, 4.69) is 32.4 Å². The van der Waals surface area contributed by atoms with Gasteiger partial charge in [-0.2, -0.15) is 0 Å². The number of ether oxygens (including phenoxy) is 1. The van der Waals surface area contributed by atoms with E-state index in [1.165, 1.54) is 0 Å². The largest absolute Gasteiger partial charge is 0.434 e. The van der Waals surface area contributed by atoms with Crippen molar-refractivity contribution < 1.29 is 9.15 Å². The number of hydrogen-bond donors (Lipinski definition) is 1. The van der Waals surface area contributed by atoms with Crippen molar-refractivity contribution in [3.63, 3.8) is 0 Å². The van der Waals surface area contributed by atoms with E-state index < -0.39 is 11.4 Å².